The predicted molar refractivity (Wildman–Crippen MR) is 115 cm³/mol. The zero-order chi connectivity index (χ0) is 18.6. The van der Waals surface area contributed by atoms with Crippen molar-refractivity contribution in [2.45, 2.75) is 18.6 Å². The summed E-state index contributed by atoms with van der Waals surface area (Å²) in [6.07, 6.45) is 0.512. The molecule has 0 radical (unpaired) electrons. The second kappa shape index (κ2) is 7.85. The molecule has 1 aliphatic heterocycles. The van der Waals surface area contributed by atoms with Crippen LogP contribution in [0.4, 0.5) is 5.69 Å². The quantitative estimate of drug-likeness (QED) is 0.590. The molecule has 3 aromatic carbocycles. The highest BCUT2D eigenvalue weighted by molar-refractivity contribution is 8.03. The first-order valence-electron chi connectivity index (χ1n) is 9.09. The third-order valence-corrected chi connectivity index (χ3v) is 5.95. The first-order chi connectivity index (χ1) is 13.2. The van der Waals surface area contributed by atoms with Crippen molar-refractivity contribution in [3.8, 4) is 0 Å². The van der Waals surface area contributed by atoms with Gasteiger partial charge in [-0.25, -0.2) is 0 Å². The molecular formula is C24H21NOS. The molecule has 2 nitrogen and oxygen atoms in total. The Kier molecular flexibility index (Phi) is 5.12. The number of rotatable bonds is 4. The Morgan fingerprint density at radius 3 is 2.15 bits per heavy atom. The van der Waals surface area contributed by atoms with Gasteiger partial charge < -0.3 is 5.32 Å². The van der Waals surface area contributed by atoms with Gasteiger partial charge in [0.2, 0.25) is 0 Å². The van der Waals surface area contributed by atoms with Crippen molar-refractivity contribution in [2.24, 2.45) is 0 Å². The fourth-order valence-electron chi connectivity index (χ4n) is 3.25. The van der Waals surface area contributed by atoms with Crippen molar-refractivity contribution < 1.29 is 4.79 Å². The van der Waals surface area contributed by atoms with E-state index in [0.29, 0.717) is 6.42 Å². The Balaban J connectivity index is 1.74. The number of Topliss-reactive ketones (excluding diaryl/α,β-unsaturated/α-hetero) is 1. The first kappa shape index (κ1) is 17.6. The Labute approximate surface area is 164 Å². The van der Waals surface area contributed by atoms with Crippen molar-refractivity contribution in [1.82, 2.24) is 0 Å². The largest absolute Gasteiger partial charge is 0.350 e. The molecule has 0 aliphatic carbocycles. The zero-order valence-electron chi connectivity index (χ0n) is 15.2. The molecule has 4 rings (SSSR count). The minimum absolute atomic E-state index is 0.122. The third-order valence-electron chi connectivity index (χ3n) is 4.68. The van der Waals surface area contributed by atoms with Crippen LogP contribution in [0.2, 0.25) is 0 Å². The van der Waals surface area contributed by atoms with Gasteiger partial charge in [-0.05, 0) is 30.2 Å². The van der Waals surface area contributed by atoms with E-state index < -0.39 is 0 Å². The molecule has 0 aromatic heterocycles. The smallest absolute Gasteiger partial charge is 0.167 e. The van der Waals surface area contributed by atoms with Crippen LogP contribution in [0.3, 0.4) is 0 Å². The van der Waals surface area contributed by atoms with Gasteiger partial charge in [0.25, 0.3) is 0 Å². The van der Waals surface area contributed by atoms with E-state index in [0.717, 1.165) is 21.9 Å². The number of aryl methyl sites for hydroxylation is 1. The maximum atomic E-state index is 13.1. The molecule has 0 saturated carbocycles. The second-order valence-electron chi connectivity index (χ2n) is 6.71. The number of ketones is 1. The van der Waals surface area contributed by atoms with Crippen molar-refractivity contribution in [2.75, 3.05) is 5.32 Å². The van der Waals surface area contributed by atoms with Crippen LogP contribution in [0, 0.1) is 6.92 Å². The molecule has 1 atom stereocenters. The SMILES string of the molecule is Cc1ccc([C@@H]2CC(=O)C(c3ccccc3)=C(Nc3ccccc3)S2)cc1. The molecule has 3 aromatic rings. The van der Waals surface area contributed by atoms with E-state index in [2.05, 4.69) is 36.5 Å². The van der Waals surface area contributed by atoms with Crippen molar-refractivity contribution in [1.29, 1.82) is 0 Å². The van der Waals surface area contributed by atoms with E-state index in [9.17, 15) is 4.79 Å². The molecular weight excluding hydrogens is 350 g/mol. The molecule has 0 unspecified atom stereocenters. The number of hydrogen-bond acceptors (Lipinski definition) is 3. The van der Waals surface area contributed by atoms with Gasteiger partial charge in [-0.1, -0.05) is 90.1 Å². The summed E-state index contributed by atoms with van der Waals surface area (Å²) < 4.78 is 0. The minimum atomic E-state index is 0.122. The van der Waals surface area contributed by atoms with Gasteiger partial charge in [-0.15, -0.1) is 0 Å². The highest BCUT2D eigenvalue weighted by Gasteiger charge is 2.30. The molecule has 0 amide bonds. The normalized spacial score (nSPS) is 17.1. The Bertz CT molecular complexity index is 962. The van der Waals surface area contributed by atoms with Crippen LogP contribution < -0.4 is 5.32 Å². The summed E-state index contributed by atoms with van der Waals surface area (Å²) in [6.45, 7) is 2.08. The summed E-state index contributed by atoms with van der Waals surface area (Å²) in [7, 11) is 0. The standard InChI is InChI=1S/C24H21NOS/c1-17-12-14-18(15-13-17)22-16-21(26)23(19-8-4-2-5-9-19)24(27-22)25-20-10-6-3-7-11-20/h2-15,22,25H,16H2,1H3/t22-/m0/s1. The van der Waals surface area contributed by atoms with Crippen molar-refractivity contribution >= 4 is 28.8 Å². The number of anilines is 1. The molecule has 3 heteroatoms. The Morgan fingerprint density at radius 2 is 1.48 bits per heavy atom. The maximum Gasteiger partial charge on any atom is 0.167 e. The predicted octanol–water partition coefficient (Wildman–Crippen LogP) is 6.22. The first-order valence-corrected chi connectivity index (χ1v) is 9.97. The molecule has 0 saturated heterocycles. The van der Waals surface area contributed by atoms with E-state index in [1.165, 1.54) is 11.1 Å². The van der Waals surface area contributed by atoms with E-state index >= 15 is 0 Å². The number of carbonyl (C=O) groups is 1. The highest BCUT2D eigenvalue weighted by Crippen LogP contribution is 2.46. The molecule has 0 fully saturated rings. The lowest BCUT2D eigenvalue weighted by atomic mass is 9.96. The number of thioether (sulfide) groups is 1. The molecule has 1 heterocycles. The lowest BCUT2D eigenvalue weighted by Crippen LogP contribution is -2.17. The summed E-state index contributed by atoms with van der Waals surface area (Å²) in [5.41, 5.74) is 5.17. The number of carbonyl (C=O) groups excluding carboxylic acids is 1. The number of para-hydroxylation sites is 1. The van der Waals surface area contributed by atoms with Crippen LogP contribution in [0.25, 0.3) is 5.57 Å². The second-order valence-corrected chi connectivity index (χ2v) is 7.92. The molecule has 0 bridgehead atoms. The fourth-order valence-corrected chi connectivity index (χ4v) is 4.59. The number of benzene rings is 3. The number of allylic oxidation sites excluding steroid dienone is 1. The Morgan fingerprint density at radius 1 is 0.852 bits per heavy atom. The van der Waals surface area contributed by atoms with E-state index in [1.54, 1.807) is 11.8 Å². The van der Waals surface area contributed by atoms with Crippen LogP contribution in [-0.2, 0) is 4.79 Å². The topological polar surface area (TPSA) is 29.1 Å². The molecule has 1 N–H and O–H groups in total. The Hall–Kier alpha value is -2.78. The molecule has 1 aliphatic rings. The van der Waals surface area contributed by atoms with Crippen molar-refractivity contribution in [3.05, 3.63) is 107 Å². The van der Waals surface area contributed by atoms with Gasteiger partial charge in [-0.3, -0.25) is 4.79 Å². The third kappa shape index (κ3) is 3.99. The van der Waals surface area contributed by atoms with Crippen LogP contribution >= 0.6 is 11.8 Å². The summed E-state index contributed by atoms with van der Waals surface area (Å²) in [6, 6.07) is 28.5. The van der Waals surface area contributed by atoms with Gasteiger partial charge in [-0.2, -0.15) is 0 Å². The fraction of sp³-hybridized carbons (Fsp3) is 0.125. The van der Waals surface area contributed by atoms with Gasteiger partial charge in [0.05, 0.1) is 10.6 Å². The molecule has 27 heavy (non-hydrogen) atoms. The van der Waals surface area contributed by atoms with E-state index in [1.807, 2.05) is 60.7 Å². The average molecular weight is 372 g/mol. The number of hydrogen-bond donors (Lipinski definition) is 1. The molecule has 134 valence electrons. The highest BCUT2D eigenvalue weighted by atomic mass is 32.2. The van der Waals surface area contributed by atoms with Crippen LogP contribution in [-0.4, -0.2) is 5.78 Å². The van der Waals surface area contributed by atoms with Gasteiger partial charge in [0.15, 0.2) is 5.78 Å². The van der Waals surface area contributed by atoms with Crippen LogP contribution in [0.5, 0.6) is 0 Å². The van der Waals surface area contributed by atoms with E-state index in [4.69, 9.17) is 0 Å². The lowest BCUT2D eigenvalue weighted by Gasteiger charge is -2.27. The maximum absolute atomic E-state index is 13.1. The van der Waals surface area contributed by atoms with Crippen LogP contribution in [0.15, 0.2) is 90.0 Å². The summed E-state index contributed by atoms with van der Waals surface area (Å²) >= 11 is 1.74. The minimum Gasteiger partial charge on any atom is -0.350 e. The summed E-state index contributed by atoms with van der Waals surface area (Å²) in [5, 5.41) is 4.54. The summed E-state index contributed by atoms with van der Waals surface area (Å²) in [4.78, 5) is 13.1. The zero-order valence-corrected chi connectivity index (χ0v) is 16.0. The summed E-state index contributed by atoms with van der Waals surface area (Å²) in [5.74, 6) is 0.184. The van der Waals surface area contributed by atoms with E-state index in [-0.39, 0.29) is 11.0 Å². The lowest BCUT2D eigenvalue weighted by molar-refractivity contribution is -0.113. The van der Waals surface area contributed by atoms with Crippen LogP contribution in [0.1, 0.15) is 28.4 Å². The van der Waals surface area contributed by atoms with Gasteiger partial charge in [0.1, 0.15) is 0 Å². The average Bonchev–Trinajstić information content (AvgIpc) is 2.70. The molecule has 0 spiro atoms. The van der Waals surface area contributed by atoms with Gasteiger partial charge >= 0.3 is 0 Å². The van der Waals surface area contributed by atoms with Gasteiger partial charge in [0, 0.05) is 17.4 Å². The van der Waals surface area contributed by atoms with Crippen molar-refractivity contribution in [3.63, 3.8) is 0 Å². The monoisotopic (exact) mass is 371 g/mol. The number of nitrogens with one attached hydrogen (secondary N) is 1.